The second kappa shape index (κ2) is 13.1. The number of rotatable bonds is 7. The number of carbonyl (C=O) groups is 1. The van der Waals surface area contributed by atoms with Gasteiger partial charge in [0.1, 0.15) is 0 Å². The van der Waals surface area contributed by atoms with Gasteiger partial charge in [0.15, 0.2) is 0 Å². The smallest absolute Gasteiger partial charge is 0.305 e. The molecular formula is C10H20KO2. The zero-order valence-electron chi connectivity index (χ0n) is 9.27. The topological polar surface area (TPSA) is 26.3 Å². The van der Waals surface area contributed by atoms with Crippen molar-refractivity contribution in [2.24, 2.45) is 0 Å². The molecule has 0 heterocycles. The Balaban J connectivity index is 0. The van der Waals surface area contributed by atoms with Crippen LogP contribution in [0, 0.1) is 0 Å². The summed E-state index contributed by atoms with van der Waals surface area (Å²) in [6, 6.07) is 0. The molecule has 0 bridgehead atoms. The molecule has 0 aliphatic rings. The van der Waals surface area contributed by atoms with Crippen LogP contribution in [0.15, 0.2) is 0 Å². The molecule has 13 heavy (non-hydrogen) atoms. The third-order valence-corrected chi connectivity index (χ3v) is 1.79. The van der Waals surface area contributed by atoms with Crippen molar-refractivity contribution in [1.82, 2.24) is 0 Å². The van der Waals surface area contributed by atoms with Gasteiger partial charge in [0, 0.05) is 57.8 Å². The van der Waals surface area contributed by atoms with Crippen molar-refractivity contribution in [3.8, 4) is 0 Å². The summed E-state index contributed by atoms with van der Waals surface area (Å²) >= 11 is 0. The first kappa shape index (κ1) is 16.5. The van der Waals surface area contributed by atoms with Crippen molar-refractivity contribution < 1.29 is 9.53 Å². The van der Waals surface area contributed by atoms with Crippen LogP contribution in [0.25, 0.3) is 0 Å². The Kier molecular flexibility index (Phi) is 16.7. The van der Waals surface area contributed by atoms with E-state index in [4.69, 9.17) is 4.74 Å². The van der Waals surface area contributed by atoms with Gasteiger partial charge in [0.05, 0.1) is 6.61 Å². The fourth-order valence-corrected chi connectivity index (χ4v) is 1.11. The number of unbranched alkanes of at least 4 members (excludes halogenated alkanes) is 4. The number of hydrogen-bond donors (Lipinski definition) is 0. The van der Waals surface area contributed by atoms with Crippen molar-refractivity contribution >= 4 is 57.4 Å². The molecule has 0 spiro atoms. The summed E-state index contributed by atoms with van der Waals surface area (Å²) in [5.41, 5.74) is 0. The minimum absolute atomic E-state index is 0. The fourth-order valence-electron chi connectivity index (χ4n) is 1.11. The molecule has 3 heteroatoms. The second-order valence-electron chi connectivity index (χ2n) is 2.97. The van der Waals surface area contributed by atoms with Crippen molar-refractivity contribution in [3.05, 3.63) is 0 Å². The number of ether oxygens (including phenoxy) is 1. The molecule has 0 aromatic rings. The van der Waals surface area contributed by atoms with Crippen LogP contribution in [0.3, 0.4) is 0 Å². The monoisotopic (exact) mass is 211 g/mol. The Morgan fingerprint density at radius 3 is 2.23 bits per heavy atom. The summed E-state index contributed by atoms with van der Waals surface area (Å²) in [6.45, 7) is 4.54. The van der Waals surface area contributed by atoms with Gasteiger partial charge in [-0.3, -0.25) is 4.79 Å². The van der Waals surface area contributed by atoms with Crippen LogP contribution >= 0.6 is 0 Å². The summed E-state index contributed by atoms with van der Waals surface area (Å²) in [7, 11) is 0. The SMILES string of the molecule is CCCCCCCC(=O)OCC.[K]. The molecule has 73 valence electrons. The predicted molar refractivity (Wildman–Crippen MR) is 55.8 cm³/mol. The van der Waals surface area contributed by atoms with Crippen molar-refractivity contribution in [2.75, 3.05) is 6.61 Å². The van der Waals surface area contributed by atoms with Gasteiger partial charge in [-0.2, -0.15) is 0 Å². The van der Waals surface area contributed by atoms with Crippen LogP contribution in [0.1, 0.15) is 52.4 Å². The van der Waals surface area contributed by atoms with Crippen molar-refractivity contribution in [1.29, 1.82) is 0 Å². The molecule has 0 saturated heterocycles. The van der Waals surface area contributed by atoms with E-state index in [0.717, 1.165) is 12.8 Å². The van der Waals surface area contributed by atoms with Gasteiger partial charge in [0.25, 0.3) is 0 Å². The maximum absolute atomic E-state index is 10.9. The average Bonchev–Trinajstić information content (AvgIpc) is 2.05. The molecule has 1 radical (unpaired) electrons. The molecule has 0 saturated carbocycles. The van der Waals surface area contributed by atoms with E-state index in [0.29, 0.717) is 13.0 Å². The molecule has 0 unspecified atom stereocenters. The largest absolute Gasteiger partial charge is 0.466 e. The quantitative estimate of drug-likeness (QED) is 0.367. The first-order chi connectivity index (χ1) is 5.81. The van der Waals surface area contributed by atoms with Crippen molar-refractivity contribution in [2.45, 2.75) is 52.4 Å². The van der Waals surface area contributed by atoms with Gasteiger partial charge in [-0.25, -0.2) is 0 Å². The zero-order chi connectivity index (χ0) is 9.23. The van der Waals surface area contributed by atoms with E-state index >= 15 is 0 Å². The molecule has 0 N–H and O–H groups in total. The number of hydrogen-bond acceptors (Lipinski definition) is 2. The molecule has 2 nitrogen and oxygen atoms in total. The van der Waals surface area contributed by atoms with Gasteiger partial charge >= 0.3 is 5.97 Å². The third kappa shape index (κ3) is 13.1. The number of esters is 1. The van der Waals surface area contributed by atoms with Gasteiger partial charge in [-0.1, -0.05) is 32.6 Å². The molecule has 0 aromatic carbocycles. The number of carbonyl (C=O) groups excluding carboxylic acids is 1. The molecule has 0 fully saturated rings. The van der Waals surface area contributed by atoms with Crippen LogP contribution in [0.4, 0.5) is 0 Å². The van der Waals surface area contributed by atoms with Crippen LogP contribution in [-0.4, -0.2) is 64.0 Å². The van der Waals surface area contributed by atoms with Gasteiger partial charge in [0.2, 0.25) is 0 Å². The normalized spacial score (nSPS) is 9.08. The van der Waals surface area contributed by atoms with E-state index in [1.54, 1.807) is 0 Å². The predicted octanol–water partition coefficient (Wildman–Crippen LogP) is 2.53. The van der Waals surface area contributed by atoms with E-state index in [2.05, 4.69) is 6.92 Å². The Labute approximate surface area is 124 Å². The zero-order valence-corrected chi connectivity index (χ0v) is 12.4. The van der Waals surface area contributed by atoms with Gasteiger partial charge < -0.3 is 4.74 Å². The Morgan fingerprint density at radius 1 is 1.08 bits per heavy atom. The molecule has 0 amide bonds. The van der Waals surface area contributed by atoms with E-state index in [1.807, 2.05) is 6.92 Å². The minimum atomic E-state index is -0.0472. The van der Waals surface area contributed by atoms with Gasteiger partial charge in [-0.15, -0.1) is 0 Å². The van der Waals surface area contributed by atoms with Crippen LogP contribution < -0.4 is 0 Å². The van der Waals surface area contributed by atoms with Gasteiger partial charge in [-0.05, 0) is 13.3 Å². The Hall–Kier alpha value is 1.11. The molecule has 0 atom stereocenters. The van der Waals surface area contributed by atoms with E-state index in [1.165, 1.54) is 19.3 Å². The summed E-state index contributed by atoms with van der Waals surface area (Å²) in [4.78, 5) is 10.9. The standard InChI is InChI=1S/C10H20O2.K/c1-3-5-6-7-8-9-10(11)12-4-2;/h3-9H2,1-2H3;. The van der Waals surface area contributed by atoms with E-state index < -0.39 is 0 Å². The average molecular weight is 211 g/mol. The van der Waals surface area contributed by atoms with Crippen LogP contribution in [-0.2, 0) is 9.53 Å². The summed E-state index contributed by atoms with van der Waals surface area (Å²) in [5.74, 6) is -0.0472. The van der Waals surface area contributed by atoms with E-state index in [-0.39, 0.29) is 57.4 Å². The second-order valence-corrected chi connectivity index (χ2v) is 2.97. The molecule has 0 aliphatic carbocycles. The van der Waals surface area contributed by atoms with Crippen LogP contribution in [0.5, 0.6) is 0 Å². The molecule has 0 aromatic heterocycles. The summed E-state index contributed by atoms with van der Waals surface area (Å²) in [6.07, 6.45) is 6.52. The minimum Gasteiger partial charge on any atom is -0.466 e. The molecular weight excluding hydrogens is 191 g/mol. The van der Waals surface area contributed by atoms with E-state index in [9.17, 15) is 4.79 Å². The van der Waals surface area contributed by atoms with Crippen LogP contribution in [0.2, 0.25) is 0 Å². The summed E-state index contributed by atoms with van der Waals surface area (Å²) in [5, 5.41) is 0. The first-order valence-corrected chi connectivity index (χ1v) is 4.96. The first-order valence-electron chi connectivity index (χ1n) is 4.96. The van der Waals surface area contributed by atoms with Crippen molar-refractivity contribution in [3.63, 3.8) is 0 Å². The third-order valence-electron chi connectivity index (χ3n) is 1.79. The molecule has 0 rings (SSSR count). The Bertz CT molecular complexity index is 115. The fraction of sp³-hybridized carbons (Fsp3) is 0.900. The summed E-state index contributed by atoms with van der Waals surface area (Å²) < 4.78 is 4.81. The molecule has 0 aliphatic heterocycles. The maximum atomic E-state index is 10.9. The Morgan fingerprint density at radius 2 is 1.69 bits per heavy atom. The maximum Gasteiger partial charge on any atom is 0.305 e.